The number of nitrogens with zero attached hydrogens (tertiary/aromatic N) is 1. The topological polar surface area (TPSA) is 75.7 Å². The second-order valence-corrected chi connectivity index (χ2v) is 7.24. The molecule has 1 N–H and O–H groups in total. The number of carbonyl (C=O) groups excluding carboxylic acids is 3. The smallest absolute Gasteiger partial charge is 0.414 e. The van der Waals surface area contributed by atoms with Gasteiger partial charge in [0.2, 0.25) is 5.91 Å². The third-order valence-corrected chi connectivity index (χ3v) is 5.02. The highest BCUT2D eigenvalue weighted by molar-refractivity contribution is 7.10. The number of ether oxygens (including phenoxy) is 1. The lowest BCUT2D eigenvalue weighted by Gasteiger charge is -2.15. The van der Waals surface area contributed by atoms with Crippen molar-refractivity contribution in [2.24, 2.45) is 0 Å². The Bertz CT molecular complexity index is 889. The summed E-state index contributed by atoms with van der Waals surface area (Å²) < 4.78 is 5.27. The SMILES string of the molecule is CC(=O)NC[C@H]1CN(c2ccc(C(=O)/C=C/c3cccs3)c(C)c2)C(=O)O1. The van der Waals surface area contributed by atoms with Crippen LogP contribution in [0.15, 0.2) is 41.8 Å². The molecule has 0 bridgehead atoms. The Hall–Kier alpha value is -2.93. The fourth-order valence-electron chi connectivity index (χ4n) is 2.82. The highest BCUT2D eigenvalue weighted by atomic mass is 32.1. The number of hydrogen-bond donors (Lipinski definition) is 1. The van der Waals surface area contributed by atoms with E-state index in [2.05, 4.69) is 5.32 Å². The molecule has 7 heteroatoms. The van der Waals surface area contributed by atoms with Crippen molar-refractivity contribution in [2.45, 2.75) is 20.0 Å². The molecule has 3 rings (SSSR count). The fraction of sp³-hybridized carbons (Fsp3) is 0.250. The molecule has 6 nitrogen and oxygen atoms in total. The highest BCUT2D eigenvalue weighted by Gasteiger charge is 2.32. The second-order valence-electron chi connectivity index (χ2n) is 6.27. The van der Waals surface area contributed by atoms with Crippen LogP contribution in [0.2, 0.25) is 0 Å². The van der Waals surface area contributed by atoms with Crippen molar-refractivity contribution in [1.29, 1.82) is 0 Å². The molecule has 0 aliphatic carbocycles. The molecule has 0 radical (unpaired) electrons. The molecule has 1 aromatic carbocycles. The summed E-state index contributed by atoms with van der Waals surface area (Å²) in [6.07, 6.45) is 2.50. The van der Waals surface area contributed by atoms with Gasteiger partial charge >= 0.3 is 6.09 Å². The van der Waals surface area contributed by atoms with Gasteiger partial charge in [0.15, 0.2) is 5.78 Å². The highest BCUT2D eigenvalue weighted by Crippen LogP contribution is 2.25. The summed E-state index contributed by atoms with van der Waals surface area (Å²) in [7, 11) is 0. The monoisotopic (exact) mass is 384 g/mol. The number of rotatable bonds is 6. The number of cyclic esters (lactones) is 1. The van der Waals surface area contributed by atoms with Gasteiger partial charge in [-0.05, 0) is 54.3 Å². The second kappa shape index (κ2) is 8.18. The zero-order valence-corrected chi connectivity index (χ0v) is 15.9. The summed E-state index contributed by atoms with van der Waals surface area (Å²) >= 11 is 1.57. The summed E-state index contributed by atoms with van der Waals surface area (Å²) in [5.41, 5.74) is 2.04. The van der Waals surface area contributed by atoms with Crippen LogP contribution in [0.25, 0.3) is 6.08 Å². The molecule has 2 heterocycles. The van der Waals surface area contributed by atoms with Gasteiger partial charge in [0, 0.05) is 23.1 Å². The van der Waals surface area contributed by atoms with Crippen LogP contribution in [-0.4, -0.2) is 37.0 Å². The van der Waals surface area contributed by atoms with Crippen LogP contribution >= 0.6 is 11.3 Å². The average molecular weight is 384 g/mol. The van der Waals surface area contributed by atoms with E-state index in [0.29, 0.717) is 17.8 Å². The maximum Gasteiger partial charge on any atom is 0.414 e. The Labute approximate surface area is 161 Å². The first-order chi connectivity index (χ1) is 12.9. The summed E-state index contributed by atoms with van der Waals surface area (Å²) in [6, 6.07) is 9.14. The number of allylic oxidation sites excluding steroid dienone is 1. The first kappa shape index (κ1) is 18.8. The van der Waals surface area contributed by atoms with Gasteiger partial charge in [-0.25, -0.2) is 4.79 Å². The third-order valence-electron chi connectivity index (χ3n) is 4.18. The molecule has 140 valence electrons. The number of aryl methyl sites for hydroxylation is 1. The standard InChI is InChI=1S/C20H20N2O4S/c1-13-10-15(22-12-16(26-20(22)25)11-21-14(2)23)5-7-18(13)19(24)8-6-17-4-3-9-27-17/h3-10,16H,11-12H2,1-2H3,(H,21,23)/b8-6+/t16-/m0/s1. The molecule has 1 fully saturated rings. The minimum Gasteiger partial charge on any atom is -0.442 e. The average Bonchev–Trinajstić information content (AvgIpc) is 3.27. The molecule has 0 saturated carbocycles. The normalized spacial score (nSPS) is 16.6. The number of benzene rings is 1. The molecule has 1 aliphatic rings. The number of ketones is 1. The van der Waals surface area contributed by atoms with Gasteiger partial charge in [0.25, 0.3) is 0 Å². The van der Waals surface area contributed by atoms with E-state index in [1.807, 2.05) is 24.4 Å². The van der Waals surface area contributed by atoms with Crippen molar-refractivity contribution in [3.05, 3.63) is 57.8 Å². The van der Waals surface area contributed by atoms with E-state index in [4.69, 9.17) is 4.74 Å². The van der Waals surface area contributed by atoms with Crippen LogP contribution in [0.3, 0.4) is 0 Å². The van der Waals surface area contributed by atoms with E-state index in [9.17, 15) is 14.4 Å². The van der Waals surface area contributed by atoms with Crippen molar-refractivity contribution in [2.75, 3.05) is 18.0 Å². The number of thiophene rings is 1. The van der Waals surface area contributed by atoms with Crippen LogP contribution in [0.1, 0.15) is 27.7 Å². The molecule has 1 saturated heterocycles. The van der Waals surface area contributed by atoms with E-state index in [1.165, 1.54) is 11.8 Å². The minimum absolute atomic E-state index is 0.0833. The van der Waals surface area contributed by atoms with Crippen LogP contribution in [0, 0.1) is 6.92 Å². The maximum atomic E-state index is 12.4. The first-order valence-electron chi connectivity index (χ1n) is 8.53. The lowest BCUT2D eigenvalue weighted by Crippen LogP contribution is -2.33. The van der Waals surface area contributed by atoms with Crippen molar-refractivity contribution >= 4 is 40.9 Å². The van der Waals surface area contributed by atoms with E-state index in [0.717, 1.165) is 10.4 Å². The number of anilines is 1. The molecule has 27 heavy (non-hydrogen) atoms. The van der Waals surface area contributed by atoms with E-state index in [1.54, 1.807) is 41.7 Å². The van der Waals surface area contributed by atoms with Gasteiger partial charge in [0.1, 0.15) is 6.10 Å². The predicted octanol–water partition coefficient (Wildman–Crippen LogP) is 3.41. The van der Waals surface area contributed by atoms with Gasteiger partial charge in [-0.2, -0.15) is 0 Å². The number of hydrogen-bond acceptors (Lipinski definition) is 5. The first-order valence-corrected chi connectivity index (χ1v) is 9.41. The van der Waals surface area contributed by atoms with Crippen molar-refractivity contribution in [3.63, 3.8) is 0 Å². The van der Waals surface area contributed by atoms with E-state index in [-0.39, 0.29) is 18.2 Å². The Kier molecular flexibility index (Phi) is 5.71. The number of carbonyl (C=O) groups is 3. The quantitative estimate of drug-likeness (QED) is 0.612. The molecule has 2 aromatic rings. The summed E-state index contributed by atoms with van der Waals surface area (Å²) in [5, 5.41) is 4.60. The van der Waals surface area contributed by atoms with Crippen molar-refractivity contribution in [3.8, 4) is 0 Å². The van der Waals surface area contributed by atoms with Crippen LogP contribution in [0.5, 0.6) is 0 Å². The Balaban J connectivity index is 1.70. The van der Waals surface area contributed by atoms with Crippen molar-refractivity contribution < 1.29 is 19.1 Å². The number of nitrogens with one attached hydrogen (secondary N) is 1. The fourth-order valence-corrected chi connectivity index (χ4v) is 3.44. The summed E-state index contributed by atoms with van der Waals surface area (Å²) in [4.78, 5) is 38.1. The third kappa shape index (κ3) is 4.62. The zero-order chi connectivity index (χ0) is 19.4. The molecular weight excluding hydrogens is 364 g/mol. The summed E-state index contributed by atoms with van der Waals surface area (Å²) in [5.74, 6) is -0.251. The Morgan fingerprint density at radius 2 is 2.19 bits per heavy atom. The zero-order valence-electron chi connectivity index (χ0n) is 15.1. The van der Waals surface area contributed by atoms with Gasteiger partial charge in [-0.3, -0.25) is 14.5 Å². The molecule has 0 spiro atoms. The maximum absolute atomic E-state index is 12.4. The minimum atomic E-state index is -0.457. The molecule has 0 unspecified atom stereocenters. The van der Waals surface area contributed by atoms with Gasteiger partial charge in [-0.15, -0.1) is 11.3 Å². The van der Waals surface area contributed by atoms with E-state index >= 15 is 0 Å². The molecular formula is C20H20N2O4S. The predicted molar refractivity (Wildman–Crippen MR) is 105 cm³/mol. The van der Waals surface area contributed by atoms with Gasteiger partial charge < -0.3 is 10.1 Å². The van der Waals surface area contributed by atoms with Gasteiger partial charge in [0.05, 0.1) is 13.1 Å². The van der Waals surface area contributed by atoms with Crippen LogP contribution in [-0.2, 0) is 9.53 Å². The summed E-state index contributed by atoms with van der Waals surface area (Å²) in [6.45, 7) is 3.89. The van der Waals surface area contributed by atoms with E-state index < -0.39 is 12.2 Å². The molecule has 2 amide bonds. The van der Waals surface area contributed by atoms with Gasteiger partial charge in [-0.1, -0.05) is 6.07 Å². The lowest BCUT2D eigenvalue weighted by atomic mass is 10.0. The molecule has 1 atom stereocenters. The molecule has 1 aromatic heterocycles. The van der Waals surface area contributed by atoms with Crippen LogP contribution in [0.4, 0.5) is 10.5 Å². The Morgan fingerprint density at radius 1 is 1.37 bits per heavy atom. The van der Waals surface area contributed by atoms with Crippen LogP contribution < -0.4 is 10.2 Å². The molecule has 1 aliphatic heterocycles. The Morgan fingerprint density at radius 3 is 2.85 bits per heavy atom. The largest absolute Gasteiger partial charge is 0.442 e. The lowest BCUT2D eigenvalue weighted by molar-refractivity contribution is -0.119. The number of amides is 2. The van der Waals surface area contributed by atoms with Crippen molar-refractivity contribution in [1.82, 2.24) is 5.32 Å².